The minimum Gasteiger partial charge on any atom is -0.332 e. The monoisotopic (exact) mass is 391 g/mol. The minimum absolute atomic E-state index is 0.0333. The molecule has 1 aliphatic heterocycles. The Bertz CT molecular complexity index is 1060. The highest BCUT2D eigenvalue weighted by molar-refractivity contribution is 6.30. The van der Waals surface area contributed by atoms with Crippen molar-refractivity contribution < 1.29 is 9.18 Å². The zero-order chi connectivity index (χ0) is 19.3. The number of carbonyl (C=O) groups excluding carboxylic acids is 1. The van der Waals surface area contributed by atoms with Crippen molar-refractivity contribution in [2.45, 2.75) is 24.8 Å². The van der Waals surface area contributed by atoms with E-state index in [-0.39, 0.29) is 17.8 Å². The molecule has 0 unspecified atom stereocenters. The van der Waals surface area contributed by atoms with E-state index in [1.165, 1.54) is 23.3 Å². The van der Waals surface area contributed by atoms with Crippen molar-refractivity contribution in [2.24, 2.45) is 0 Å². The molecule has 0 saturated carbocycles. The number of amides is 1. The Kier molecular flexibility index (Phi) is 4.21. The molecule has 2 nitrogen and oxygen atoms in total. The number of benzene rings is 3. The largest absolute Gasteiger partial charge is 0.332 e. The smallest absolute Gasteiger partial charge is 0.254 e. The average molecular weight is 392 g/mol. The van der Waals surface area contributed by atoms with Gasteiger partial charge in [0.25, 0.3) is 5.91 Å². The van der Waals surface area contributed by atoms with E-state index in [9.17, 15) is 9.18 Å². The number of halogens is 2. The molecule has 1 aliphatic carbocycles. The van der Waals surface area contributed by atoms with Crippen molar-refractivity contribution in [2.75, 3.05) is 6.54 Å². The van der Waals surface area contributed by atoms with Crippen LogP contribution in [0.1, 0.15) is 46.3 Å². The fourth-order valence-electron chi connectivity index (χ4n) is 4.63. The Morgan fingerprint density at radius 3 is 2.54 bits per heavy atom. The van der Waals surface area contributed by atoms with E-state index in [0.717, 1.165) is 30.5 Å². The zero-order valence-electron chi connectivity index (χ0n) is 15.2. The van der Waals surface area contributed by atoms with Gasteiger partial charge in [0.15, 0.2) is 0 Å². The van der Waals surface area contributed by atoms with Crippen LogP contribution in [0.4, 0.5) is 4.39 Å². The van der Waals surface area contributed by atoms with Gasteiger partial charge in [-0.3, -0.25) is 4.79 Å². The molecule has 3 aromatic carbocycles. The Balaban J connectivity index is 1.51. The van der Waals surface area contributed by atoms with E-state index in [4.69, 9.17) is 11.6 Å². The van der Waals surface area contributed by atoms with Crippen molar-refractivity contribution in [3.8, 4) is 11.1 Å². The van der Waals surface area contributed by atoms with E-state index in [0.29, 0.717) is 16.5 Å². The summed E-state index contributed by atoms with van der Waals surface area (Å²) in [6.07, 6.45) is 1.94. The molecule has 2 bridgehead atoms. The van der Waals surface area contributed by atoms with Crippen molar-refractivity contribution in [1.82, 2.24) is 4.90 Å². The lowest BCUT2D eigenvalue weighted by molar-refractivity contribution is 0.0620. The molecule has 0 N–H and O–H groups in total. The van der Waals surface area contributed by atoms with Gasteiger partial charge < -0.3 is 4.90 Å². The van der Waals surface area contributed by atoms with Crippen LogP contribution in [0, 0.1) is 5.82 Å². The number of fused-ring (bicyclic) bond motifs is 5. The normalized spacial score (nSPS) is 20.1. The Hall–Kier alpha value is -2.65. The van der Waals surface area contributed by atoms with Gasteiger partial charge in [0, 0.05) is 17.1 Å². The summed E-state index contributed by atoms with van der Waals surface area (Å²) in [5.74, 6) is 0.302. The summed E-state index contributed by atoms with van der Waals surface area (Å²) in [7, 11) is 0. The maximum Gasteiger partial charge on any atom is 0.254 e. The molecular weight excluding hydrogens is 373 g/mol. The summed E-state index contributed by atoms with van der Waals surface area (Å²) >= 11 is 6.09. The molecule has 2 atom stereocenters. The van der Waals surface area contributed by atoms with Crippen LogP contribution in [0.2, 0.25) is 5.02 Å². The first-order valence-corrected chi connectivity index (χ1v) is 9.94. The third-order valence-corrected chi connectivity index (χ3v) is 6.23. The summed E-state index contributed by atoms with van der Waals surface area (Å²) in [6.45, 7) is 0.751. The van der Waals surface area contributed by atoms with Gasteiger partial charge >= 0.3 is 0 Å². The quantitative estimate of drug-likeness (QED) is 0.507. The number of rotatable bonds is 2. The Labute approximate surface area is 168 Å². The molecule has 1 amide bonds. The van der Waals surface area contributed by atoms with Gasteiger partial charge in [0.2, 0.25) is 0 Å². The van der Waals surface area contributed by atoms with Crippen LogP contribution in [0.15, 0.2) is 66.7 Å². The van der Waals surface area contributed by atoms with E-state index < -0.39 is 0 Å². The highest BCUT2D eigenvalue weighted by atomic mass is 35.5. The van der Waals surface area contributed by atoms with Crippen LogP contribution < -0.4 is 0 Å². The van der Waals surface area contributed by atoms with E-state index in [1.807, 2.05) is 17.0 Å². The molecule has 140 valence electrons. The number of piperidine rings is 1. The van der Waals surface area contributed by atoms with E-state index in [1.54, 1.807) is 24.3 Å². The lowest BCUT2D eigenvalue weighted by Crippen LogP contribution is -2.37. The molecule has 1 saturated heterocycles. The maximum atomic E-state index is 13.3. The number of carbonyl (C=O) groups is 1. The maximum absolute atomic E-state index is 13.3. The molecule has 5 rings (SSSR count). The number of hydrogen-bond donors (Lipinski definition) is 0. The van der Waals surface area contributed by atoms with Crippen molar-refractivity contribution in [3.05, 3.63) is 94.3 Å². The number of hydrogen-bond acceptors (Lipinski definition) is 1. The summed E-state index contributed by atoms with van der Waals surface area (Å²) in [5.41, 5.74) is 5.24. The fourth-order valence-corrected chi connectivity index (χ4v) is 4.82. The molecule has 3 aromatic rings. The molecule has 0 aromatic heterocycles. The standard InChI is InChI=1S/C24H19ClFNO/c25-19-3-1-2-18(12-19)24(28)27-11-10-17-14-23(27)22-13-16(6-9-21(17)22)15-4-7-20(26)8-5-15/h1-9,12-13,17,23H,10-11,14H2/t17-,23-/m1/s1. The second kappa shape index (κ2) is 6.75. The molecule has 0 spiro atoms. The zero-order valence-corrected chi connectivity index (χ0v) is 16.0. The predicted octanol–water partition coefficient (Wildman–Crippen LogP) is 6.22. The predicted molar refractivity (Wildman–Crippen MR) is 109 cm³/mol. The van der Waals surface area contributed by atoms with E-state index in [2.05, 4.69) is 18.2 Å². The van der Waals surface area contributed by atoms with Crippen molar-refractivity contribution in [1.29, 1.82) is 0 Å². The third kappa shape index (κ3) is 2.91. The third-order valence-electron chi connectivity index (χ3n) is 6.00. The van der Waals surface area contributed by atoms with E-state index >= 15 is 0 Å². The van der Waals surface area contributed by atoms with Crippen LogP contribution >= 0.6 is 11.6 Å². The highest BCUT2D eigenvalue weighted by Gasteiger charge is 2.41. The molecular formula is C24H19ClFNO. The molecule has 4 heteroatoms. The second-order valence-electron chi connectivity index (χ2n) is 7.60. The fraction of sp³-hybridized carbons (Fsp3) is 0.208. The van der Waals surface area contributed by atoms with Crippen molar-refractivity contribution >= 4 is 17.5 Å². The summed E-state index contributed by atoms with van der Waals surface area (Å²) in [5, 5.41) is 0.575. The average Bonchev–Trinajstić information content (AvgIpc) is 3.00. The van der Waals surface area contributed by atoms with Crippen LogP contribution in [0.5, 0.6) is 0 Å². The first-order valence-electron chi connectivity index (χ1n) is 9.56. The molecule has 0 radical (unpaired) electrons. The Morgan fingerprint density at radius 2 is 1.75 bits per heavy atom. The topological polar surface area (TPSA) is 20.3 Å². The van der Waals surface area contributed by atoms with Gasteiger partial charge in [-0.2, -0.15) is 0 Å². The molecule has 1 fully saturated rings. The van der Waals surface area contributed by atoms with Crippen LogP contribution in [0.3, 0.4) is 0 Å². The lowest BCUT2D eigenvalue weighted by Gasteiger charge is -2.34. The molecule has 2 aliphatic rings. The first kappa shape index (κ1) is 17.4. The molecule has 1 heterocycles. The first-order chi connectivity index (χ1) is 13.6. The van der Waals surface area contributed by atoms with Crippen LogP contribution in [-0.4, -0.2) is 17.4 Å². The molecule has 28 heavy (non-hydrogen) atoms. The van der Waals surface area contributed by atoms with Crippen LogP contribution in [0.25, 0.3) is 11.1 Å². The summed E-state index contributed by atoms with van der Waals surface area (Å²) in [4.78, 5) is 15.2. The van der Waals surface area contributed by atoms with Crippen LogP contribution in [-0.2, 0) is 0 Å². The summed E-state index contributed by atoms with van der Waals surface area (Å²) in [6, 6.07) is 20.3. The van der Waals surface area contributed by atoms with Gasteiger partial charge in [-0.05, 0) is 77.4 Å². The van der Waals surface area contributed by atoms with Gasteiger partial charge in [-0.1, -0.05) is 41.9 Å². The summed E-state index contributed by atoms with van der Waals surface area (Å²) < 4.78 is 13.3. The number of nitrogens with zero attached hydrogens (tertiary/aromatic N) is 1. The Morgan fingerprint density at radius 1 is 0.964 bits per heavy atom. The second-order valence-corrected chi connectivity index (χ2v) is 8.03. The van der Waals surface area contributed by atoms with Gasteiger partial charge in [0.1, 0.15) is 5.82 Å². The van der Waals surface area contributed by atoms with Gasteiger partial charge in [0.05, 0.1) is 6.04 Å². The SMILES string of the molecule is O=C(c1cccc(Cl)c1)N1CC[C@@H]2C[C@@H]1c1cc(-c3ccc(F)cc3)ccc12. The minimum atomic E-state index is -0.237. The number of likely N-dealkylation sites (tertiary alicyclic amines) is 1. The van der Waals surface area contributed by atoms with Gasteiger partial charge in [-0.15, -0.1) is 0 Å². The highest BCUT2D eigenvalue weighted by Crippen LogP contribution is 2.50. The van der Waals surface area contributed by atoms with Crippen molar-refractivity contribution in [3.63, 3.8) is 0 Å². The lowest BCUT2D eigenvalue weighted by atomic mass is 9.94. The van der Waals surface area contributed by atoms with Gasteiger partial charge in [-0.25, -0.2) is 4.39 Å².